The zero-order valence-electron chi connectivity index (χ0n) is 17.1. The van der Waals surface area contributed by atoms with Gasteiger partial charge in [0, 0.05) is 35.0 Å². The highest BCUT2D eigenvalue weighted by Gasteiger charge is 2.13. The molecule has 4 rings (SSSR count). The Hall–Kier alpha value is -4.01. The lowest BCUT2D eigenvalue weighted by atomic mass is 10.1. The SMILES string of the molecule is Cc1cc(C)nc(NC(=NCCc2c[nH]c3ccc(F)cc23)NC(=O)c2ccco2)n1. The van der Waals surface area contributed by atoms with Crippen molar-refractivity contribution in [1.82, 2.24) is 20.3 Å². The smallest absolute Gasteiger partial charge is 0.293 e. The van der Waals surface area contributed by atoms with E-state index < -0.39 is 5.91 Å². The standard InChI is InChI=1S/C22H21FN6O2/c1-13-10-14(2)27-22(26-13)29-21(28-20(30)19-4-3-9-31-19)24-8-7-15-12-25-18-6-5-16(23)11-17(15)18/h3-6,9-12,25H,7-8H2,1-2H3,(H2,24,26,27,28,29,30). The van der Waals surface area contributed by atoms with Gasteiger partial charge >= 0.3 is 0 Å². The van der Waals surface area contributed by atoms with E-state index in [4.69, 9.17) is 4.42 Å². The second kappa shape index (κ2) is 8.78. The molecule has 0 bridgehead atoms. The highest BCUT2D eigenvalue weighted by molar-refractivity contribution is 6.08. The van der Waals surface area contributed by atoms with E-state index in [1.807, 2.05) is 26.1 Å². The van der Waals surface area contributed by atoms with Crippen molar-refractivity contribution in [3.63, 3.8) is 0 Å². The second-order valence-corrected chi connectivity index (χ2v) is 7.01. The molecule has 0 saturated heterocycles. The van der Waals surface area contributed by atoms with Crippen molar-refractivity contribution in [3.05, 3.63) is 77.4 Å². The van der Waals surface area contributed by atoms with E-state index in [0.29, 0.717) is 18.9 Å². The van der Waals surface area contributed by atoms with E-state index in [9.17, 15) is 9.18 Å². The van der Waals surface area contributed by atoms with Crippen LogP contribution in [-0.4, -0.2) is 33.4 Å². The predicted octanol–water partition coefficient (Wildman–Crippen LogP) is 3.75. The minimum atomic E-state index is -0.449. The number of H-pyrrole nitrogens is 1. The van der Waals surface area contributed by atoms with E-state index in [0.717, 1.165) is 27.9 Å². The molecule has 0 aliphatic rings. The lowest BCUT2D eigenvalue weighted by molar-refractivity contribution is 0.0950. The van der Waals surface area contributed by atoms with Crippen LogP contribution >= 0.6 is 0 Å². The van der Waals surface area contributed by atoms with Crippen molar-refractivity contribution < 1.29 is 13.6 Å². The van der Waals surface area contributed by atoms with Crippen molar-refractivity contribution in [3.8, 4) is 0 Å². The number of nitrogens with zero attached hydrogens (tertiary/aromatic N) is 3. The molecule has 3 heterocycles. The Morgan fingerprint density at radius 2 is 2.00 bits per heavy atom. The highest BCUT2D eigenvalue weighted by atomic mass is 19.1. The van der Waals surface area contributed by atoms with Gasteiger partial charge in [-0.2, -0.15) is 0 Å². The molecule has 0 atom stereocenters. The summed E-state index contributed by atoms with van der Waals surface area (Å²) in [5, 5.41) is 6.47. The van der Waals surface area contributed by atoms with Gasteiger partial charge in [-0.1, -0.05) is 0 Å². The van der Waals surface area contributed by atoms with Crippen molar-refractivity contribution >= 4 is 28.7 Å². The number of fused-ring (bicyclic) bond motifs is 1. The first-order valence-corrected chi connectivity index (χ1v) is 9.72. The molecule has 0 spiro atoms. The number of aliphatic imine (C=N–C) groups is 1. The van der Waals surface area contributed by atoms with Crippen molar-refractivity contribution in [2.24, 2.45) is 4.99 Å². The predicted molar refractivity (Wildman–Crippen MR) is 116 cm³/mol. The van der Waals surface area contributed by atoms with E-state index >= 15 is 0 Å². The number of hydrogen-bond acceptors (Lipinski definition) is 5. The summed E-state index contributed by atoms with van der Waals surface area (Å²) in [6, 6.07) is 9.64. The van der Waals surface area contributed by atoms with Gasteiger partial charge in [-0.05, 0) is 62.2 Å². The molecule has 4 aromatic rings. The van der Waals surface area contributed by atoms with Gasteiger partial charge < -0.3 is 9.40 Å². The molecule has 8 nitrogen and oxygen atoms in total. The third-order valence-corrected chi connectivity index (χ3v) is 4.57. The minimum Gasteiger partial charge on any atom is -0.459 e. The van der Waals surface area contributed by atoms with Crippen LogP contribution in [0, 0.1) is 19.7 Å². The molecule has 3 aromatic heterocycles. The quantitative estimate of drug-likeness (QED) is 0.337. The zero-order valence-corrected chi connectivity index (χ0v) is 17.1. The van der Waals surface area contributed by atoms with E-state index in [1.165, 1.54) is 18.4 Å². The van der Waals surface area contributed by atoms with Crippen LogP contribution in [0.5, 0.6) is 0 Å². The Labute approximate surface area is 177 Å². The fraction of sp³-hybridized carbons (Fsp3) is 0.182. The van der Waals surface area contributed by atoms with Crippen LogP contribution in [0.15, 0.2) is 58.3 Å². The lowest BCUT2D eigenvalue weighted by Crippen LogP contribution is -2.36. The number of amides is 1. The summed E-state index contributed by atoms with van der Waals surface area (Å²) in [5.74, 6) is -0.0720. The first kappa shape index (κ1) is 20.3. The fourth-order valence-corrected chi connectivity index (χ4v) is 3.22. The molecule has 31 heavy (non-hydrogen) atoms. The van der Waals surface area contributed by atoms with Crippen LogP contribution in [0.4, 0.5) is 10.3 Å². The molecule has 0 radical (unpaired) electrons. The number of carbonyl (C=O) groups excluding carboxylic acids is 1. The molecule has 0 aliphatic heterocycles. The topological polar surface area (TPSA) is 108 Å². The number of hydrogen-bond donors (Lipinski definition) is 3. The molecule has 158 valence electrons. The largest absolute Gasteiger partial charge is 0.459 e. The van der Waals surface area contributed by atoms with Gasteiger partial charge in [0.1, 0.15) is 5.82 Å². The fourth-order valence-electron chi connectivity index (χ4n) is 3.22. The summed E-state index contributed by atoms with van der Waals surface area (Å²) in [5.41, 5.74) is 3.35. The third kappa shape index (κ3) is 4.95. The molecule has 0 fully saturated rings. The molecule has 0 saturated carbocycles. The van der Waals surface area contributed by atoms with Crippen LogP contribution < -0.4 is 10.6 Å². The molecule has 0 unspecified atom stereocenters. The number of benzene rings is 1. The number of aryl methyl sites for hydroxylation is 2. The Kier molecular flexibility index (Phi) is 5.74. The number of anilines is 1. The Morgan fingerprint density at radius 1 is 1.19 bits per heavy atom. The lowest BCUT2D eigenvalue weighted by Gasteiger charge is -2.10. The number of aromatic amines is 1. The number of carbonyl (C=O) groups is 1. The third-order valence-electron chi connectivity index (χ3n) is 4.57. The number of rotatable bonds is 5. The average molecular weight is 420 g/mol. The van der Waals surface area contributed by atoms with E-state index in [2.05, 4.69) is 30.6 Å². The van der Waals surface area contributed by atoms with Crippen molar-refractivity contribution in [1.29, 1.82) is 0 Å². The number of halogens is 1. The molecular weight excluding hydrogens is 399 g/mol. The van der Waals surface area contributed by atoms with Gasteiger partial charge in [0.15, 0.2) is 5.76 Å². The first-order chi connectivity index (χ1) is 15.0. The van der Waals surface area contributed by atoms with E-state index in [-0.39, 0.29) is 17.5 Å². The minimum absolute atomic E-state index is 0.156. The monoisotopic (exact) mass is 420 g/mol. The van der Waals surface area contributed by atoms with Crippen molar-refractivity contribution in [2.45, 2.75) is 20.3 Å². The molecule has 9 heteroatoms. The Morgan fingerprint density at radius 3 is 2.74 bits per heavy atom. The normalized spacial score (nSPS) is 11.6. The molecule has 1 aromatic carbocycles. The summed E-state index contributed by atoms with van der Waals surface area (Å²) in [7, 11) is 0. The van der Waals surface area contributed by atoms with Crippen LogP contribution in [0.2, 0.25) is 0 Å². The summed E-state index contributed by atoms with van der Waals surface area (Å²) in [6.07, 6.45) is 3.79. The maximum Gasteiger partial charge on any atom is 0.293 e. The number of nitrogens with one attached hydrogen (secondary N) is 3. The van der Waals surface area contributed by atoms with E-state index in [1.54, 1.807) is 18.2 Å². The van der Waals surface area contributed by atoms with Crippen LogP contribution in [-0.2, 0) is 6.42 Å². The van der Waals surface area contributed by atoms with Crippen LogP contribution in [0.25, 0.3) is 10.9 Å². The second-order valence-electron chi connectivity index (χ2n) is 7.01. The van der Waals surface area contributed by atoms with Gasteiger partial charge in [-0.25, -0.2) is 14.4 Å². The van der Waals surface area contributed by atoms with Gasteiger partial charge in [-0.3, -0.25) is 20.4 Å². The first-order valence-electron chi connectivity index (χ1n) is 9.72. The van der Waals surface area contributed by atoms with Crippen LogP contribution in [0.1, 0.15) is 27.5 Å². The van der Waals surface area contributed by atoms with Gasteiger partial charge in [0.2, 0.25) is 11.9 Å². The Balaban J connectivity index is 1.54. The maximum absolute atomic E-state index is 13.6. The highest BCUT2D eigenvalue weighted by Crippen LogP contribution is 2.19. The number of guanidine groups is 1. The van der Waals surface area contributed by atoms with Gasteiger partial charge in [0.25, 0.3) is 5.91 Å². The molecule has 0 aliphatic carbocycles. The maximum atomic E-state index is 13.6. The van der Waals surface area contributed by atoms with Gasteiger partial charge in [0.05, 0.1) is 6.26 Å². The van der Waals surface area contributed by atoms with Crippen molar-refractivity contribution in [2.75, 3.05) is 11.9 Å². The summed E-state index contributed by atoms with van der Waals surface area (Å²) in [6.45, 7) is 4.05. The molecule has 1 amide bonds. The summed E-state index contributed by atoms with van der Waals surface area (Å²) >= 11 is 0. The molecule has 3 N–H and O–H groups in total. The number of furan rings is 1. The Bertz CT molecular complexity index is 1230. The summed E-state index contributed by atoms with van der Waals surface area (Å²) in [4.78, 5) is 28.7. The number of aromatic nitrogens is 3. The zero-order chi connectivity index (χ0) is 21.8. The van der Waals surface area contributed by atoms with Gasteiger partial charge in [-0.15, -0.1) is 0 Å². The molecular formula is C22H21FN6O2. The summed E-state index contributed by atoms with van der Waals surface area (Å²) < 4.78 is 18.8. The average Bonchev–Trinajstić information content (AvgIpc) is 3.37. The van der Waals surface area contributed by atoms with Crippen LogP contribution in [0.3, 0.4) is 0 Å².